The Morgan fingerprint density at radius 2 is 1.97 bits per heavy atom. The van der Waals surface area contributed by atoms with Crippen molar-refractivity contribution in [2.75, 3.05) is 12.4 Å². The first-order chi connectivity index (χ1) is 16.0. The van der Waals surface area contributed by atoms with E-state index in [4.69, 9.17) is 4.74 Å². The first kappa shape index (κ1) is 23.0. The maximum Gasteiger partial charge on any atom is 0.310 e. The quantitative estimate of drug-likeness (QED) is 0.259. The van der Waals surface area contributed by atoms with Crippen molar-refractivity contribution in [1.29, 1.82) is 0 Å². The molecular formula is C22H19N3O6S2. The lowest BCUT2D eigenvalue weighted by atomic mass is 10.0. The van der Waals surface area contributed by atoms with Crippen molar-refractivity contribution in [3.8, 4) is 0 Å². The van der Waals surface area contributed by atoms with Crippen molar-refractivity contribution < 1.29 is 28.7 Å². The highest BCUT2D eigenvalue weighted by molar-refractivity contribution is 8.76. The summed E-state index contributed by atoms with van der Waals surface area (Å²) < 4.78 is 5.27. The number of imide groups is 2. The zero-order valence-corrected chi connectivity index (χ0v) is 18.9. The minimum atomic E-state index is -1.05. The number of piperidine rings is 1. The lowest BCUT2D eigenvalue weighted by Gasteiger charge is -2.27. The summed E-state index contributed by atoms with van der Waals surface area (Å²) in [5.41, 5.74) is 0.600. The van der Waals surface area contributed by atoms with Crippen molar-refractivity contribution in [1.82, 2.24) is 15.2 Å². The highest BCUT2D eigenvalue weighted by Crippen LogP contribution is 2.31. The molecule has 1 unspecified atom stereocenters. The van der Waals surface area contributed by atoms with E-state index in [1.807, 2.05) is 18.2 Å². The Hall–Kier alpha value is -3.18. The first-order valence-electron chi connectivity index (χ1n) is 10.2. The second-order valence-electron chi connectivity index (χ2n) is 7.26. The third-order valence-electron chi connectivity index (χ3n) is 5.10. The molecule has 4 amide bonds. The monoisotopic (exact) mass is 485 g/mol. The zero-order chi connectivity index (χ0) is 23.4. The van der Waals surface area contributed by atoms with Crippen LogP contribution in [0, 0.1) is 0 Å². The molecule has 33 heavy (non-hydrogen) atoms. The van der Waals surface area contributed by atoms with E-state index in [9.17, 15) is 24.0 Å². The molecule has 0 aliphatic carbocycles. The lowest BCUT2D eigenvalue weighted by molar-refractivity contribution is -0.142. The summed E-state index contributed by atoms with van der Waals surface area (Å²) in [5, 5.41) is 3.02. The van der Waals surface area contributed by atoms with Crippen LogP contribution in [0.5, 0.6) is 0 Å². The molecule has 1 N–H and O–H groups in total. The van der Waals surface area contributed by atoms with E-state index in [1.54, 1.807) is 18.3 Å². The van der Waals surface area contributed by atoms with E-state index >= 15 is 0 Å². The molecule has 1 saturated heterocycles. The van der Waals surface area contributed by atoms with E-state index in [-0.39, 0.29) is 37.0 Å². The van der Waals surface area contributed by atoms with Crippen LogP contribution in [0.4, 0.5) is 0 Å². The Labute approximate surface area is 197 Å². The normalized spacial score (nSPS) is 17.7. The van der Waals surface area contributed by atoms with E-state index in [2.05, 4.69) is 10.3 Å². The van der Waals surface area contributed by atoms with Crippen LogP contribution in [-0.4, -0.2) is 57.9 Å². The number of hydrogen-bond donors (Lipinski definition) is 1. The van der Waals surface area contributed by atoms with Crippen molar-refractivity contribution in [2.24, 2.45) is 0 Å². The van der Waals surface area contributed by atoms with Crippen LogP contribution in [0.3, 0.4) is 0 Å². The molecule has 0 bridgehead atoms. The van der Waals surface area contributed by atoms with Gasteiger partial charge in [-0.25, -0.2) is 4.98 Å². The van der Waals surface area contributed by atoms with Gasteiger partial charge in [0.1, 0.15) is 17.7 Å². The van der Waals surface area contributed by atoms with Crippen LogP contribution in [-0.2, 0) is 25.5 Å². The predicted octanol–water partition coefficient (Wildman–Crippen LogP) is 2.01. The van der Waals surface area contributed by atoms with Crippen molar-refractivity contribution in [3.63, 3.8) is 0 Å². The number of hydrogen-bond acceptors (Lipinski definition) is 9. The number of carbonyl (C=O) groups is 5. The number of fused-ring (bicyclic) bond motifs is 1. The summed E-state index contributed by atoms with van der Waals surface area (Å²) >= 11 is 0. The number of nitrogens with one attached hydrogen (secondary N) is 1. The maximum absolute atomic E-state index is 13.0. The molecule has 3 heterocycles. The summed E-state index contributed by atoms with van der Waals surface area (Å²) in [6.45, 7) is 0.188. The molecule has 11 heteroatoms. The fourth-order valence-corrected chi connectivity index (χ4v) is 5.33. The number of aromatic nitrogens is 1. The number of esters is 1. The number of rotatable bonds is 8. The molecule has 0 saturated carbocycles. The van der Waals surface area contributed by atoms with Crippen LogP contribution in [0.1, 0.15) is 39.1 Å². The molecule has 0 spiro atoms. The van der Waals surface area contributed by atoms with Crippen LogP contribution in [0.15, 0.2) is 47.6 Å². The van der Waals surface area contributed by atoms with E-state index in [0.717, 1.165) is 9.93 Å². The van der Waals surface area contributed by atoms with Crippen molar-refractivity contribution in [3.05, 3.63) is 59.3 Å². The minimum absolute atomic E-state index is 0.0413. The van der Waals surface area contributed by atoms with Gasteiger partial charge in [-0.2, -0.15) is 0 Å². The second-order valence-corrected chi connectivity index (χ2v) is 9.69. The number of benzene rings is 1. The summed E-state index contributed by atoms with van der Waals surface area (Å²) in [5.74, 6) is -2.33. The fourth-order valence-electron chi connectivity index (χ4n) is 3.63. The molecule has 170 valence electrons. The van der Waals surface area contributed by atoms with Gasteiger partial charge in [-0.1, -0.05) is 29.0 Å². The Kier molecular flexibility index (Phi) is 7.09. The Bertz CT molecular complexity index is 1120. The number of pyridine rings is 1. The van der Waals surface area contributed by atoms with Crippen LogP contribution >= 0.6 is 21.6 Å². The van der Waals surface area contributed by atoms with Crippen molar-refractivity contribution in [2.45, 2.75) is 30.3 Å². The van der Waals surface area contributed by atoms with Gasteiger partial charge >= 0.3 is 5.97 Å². The molecule has 2 aromatic rings. The van der Waals surface area contributed by atoms with E-state index in [0.29, 0.717) is 11.3 Å². The third kappa shape index (κ3) is 5.09. The van der Waals surface area contributed by atoms with Crippen molar-refractivity contribution >= 4 is 51.2 Å². The molecule has 0 radical (unpaired) electrons. The zero-order valence-electron chi connectivity index (χ0n) is 17.3. The number of amides is 4. The van der Waals surface area contributed by atoms with Gasteiger partial charge in [-0.05, 0) is 41.0 Å². The summed E-state index contributed by atoms with van der Waals surface area (Å²) in [6, 6.07) is 9.22. The molecule has 9 nitrogen and oxygen atoms in total. The minimum Gasteiger partial charge on any atom is -0.465 e. The predicted molar refractivity (Wildman–Crippen MR) is 120 cm³/mol. The summed E-state index contributed by atoms with van der Waals surface area (Å²) in [6.07, 6.45) is 1.64. The molecule has 1 aromatic heterocycles. The summed E-state index contributed by atoms with van der Waals surface area (Å²) in [7, 11) is 2.98. The standard InChI is InChI=1S/C22H19N3O6S2/c26-16-8-7-15(20(28)24-16)25-21(29)14-5-3-4-13(19(14)22(25)30)12-18(27)31-10-11-32-33-17-6-1-2-9-23-17/h1-6,9,15H,7-8,10-12H2,(H,24,26,28). The number of nitrogens with zero attached hydrogens (tertiary/aromatic N) is 2. The van der Waals surface area contributed by atoms with Gasteiger partial charge in [0, 0.05) is 18.4 Å². The Balaban J connectivity index is 1.36. The van der Waals surface area contributed by atoms with Gasteiger partial charge in [0.2, 0.25) is 11.8 Å². The van der Waals surface area contributed by atoms with E-state index < -0.39 is 35.6 Å². The largest absolute Gasteiger partial charge is 0.465 e. The SMILES string of the molecule is O=C1CCC(N2C(=O)c3cccc(CC(=O)OCCSSc4ccccn4)c3C2=O)C(=O)N1. The van der Waals surface area contributed by atoms with Gasteiger partial charge in [-0.3, -0.25) is 34.2 Å². The maximum atomic E-state index is 13.0. The van der Waals surface area contributed by atoms with Gasteiger partial charge in [0.15, 0.2) is 0 Å². The topological polar surface area (TPSA) is 123 Å². The first-order valence-corrected chi connectivity index (χ1v) is 12.5. The average molecular weight is 486 g/mol. The van der Waals surface area contributed by atoms with E-state index in [1.165, 1.54) is 27.7 Å². The second kappa shape index (κ2) is 10.2. The lowest BCUT2D eigenvalue weighted by Crippen LogP contribution is -2.54. The third-order valence-corrected chi connectivity index (χ3v) is 7.33. The molecular weight excluding hydrogens is 466 g/mol. The van der Waals surface area contributed by atoms with Crippen LogP contribution < -0.4 is 5.32 Å². The molecule has 4 rings (SSSR count). The van der Waals surface area contributed by atoms with Gasteiger partial charge < -0.3 is 4.74 Å². The molecule has 1 atom stereocenters. The molecule has 2 aliphatic rings. The van der Waals surface area contributed by atoms with Gasteiger partial charge in [0.05, 0.1) is 17.5 Å². The summed E-state index contributed by atoms with van der Waals surface area (Å²) in [4.78, 5) is 66.9. The highest BCUT2D eigenvalue weighted by Gasteiger charge is 2.45. The van der Waals surface area contributed by atoms with Crippen LogP contribution in [0.2, 0.25) is 0 Å². The highest BCUT2D eigenvalue weighted by atomic mass is 33.1. The molecule has 1 fully saturated rings. The smallest absolute Gasteiger partial charge is 0.310 e. The molecule has 2 aliphatic heterocycles. The van der Waals surface area contributed by atoms with Gasteiger partial charge in [0.25, 0.3) is 11.8 Å². The Morgan fingerprint density at radius 1 is 1.12 bits per heavy atom. The van der Waals surface area contributed by atoms with Crippen LogP contribution in [0.25, 0.3) is 0 Å². The fraction of sp³-hybridized carbons (Fsp3) is 0.273. The van der Waals surface area contributed by atoms with Gasteiger partial charge in [-0.15, -0.1) is 0 Å². The molecule has 1 aromatic carbocycles. The Morgan fingerprint density at radius 3 is 2.73 bits per heavy atom. The number of ether oxygens (including phenoxy) is 1. The number of carbonyl (C=O) groups excluding carboxylic acids is 5. The average Bonchev–Trinajstić information content (AvgIpc) is 3.05.